The fourth-order valence-corrected chi connectivity index (χ4v) is 4.60. The van der Waals surface area contributed by atoms with Crippen LogP contribution in [0.2, 0.25) is 0 Å². The van der Waals surface area contributed by atoms with Crippen molar-refractivity contribution in [3.8, 4) is 0 Å². The van der Waals surface area contributed by atoms with Crippen molar-refractivity contribution < 1.29 is 4.79 Å². The summed E-state index contributed by atoms with van der Waals surface area (Å²) < 4.78 is 0. The van der Waals surface area contributed by atoms with Gasteiger partial charge in [0.1, 0.15) is 11.6 Å². The summed E-state index contributed by atoms with van der Waals surface area (Å²) in [6.45, 7) is 12.9. The zero-order valence-corrected chi connectivity index (χ0v) is 17.0. The van der Waals surface area contributed by atoms with E-state index in [0.717, 1.165) is 69.3 Å². The molecule has 144 valence electrons. The second-order valence-corrected chi connectivity index (χ2v) is 7.80. The van der Waals surface area contributed by atoms with Crippen molar-refractivity contribution in [2.75, 3.05) is 44.7 Å². The SMILES string of the molecule is CCc1c(C)nc(C)nc1N1CCN(C)C2(CCC(=O)N(CC)CC2)C1. The van der Waals surface area contributed by atoms with Crippen LogP contribution in [0.25, 0.3) is 0 Å². The van der Waals surface area contributed by atoms with Gasteiger partial charge in [-0.05, 0) is 47.1 Å². The molecular formula is C20H33N5O. The Morgan fingerprint density at radius 1 is 1.08 bits per heavy atom. The molecule has 0 aromatic carbocycles. The maximum absolute atomic E-state index is 12.4. The fraction of sp³-hybridized carbons (Fsp3) is 0.750. The highest BCUT2D eigenvalue weighted by atomic mass is 16.2. The van der Waals surface area contributed by atoms with E-state index in [1.165, 1.54) is 5.56 Å². The van der Waals surface area contributed by atoms with E-state index in [1.807, 2.05) is 11.8 Å². The molecule has 0 radical (unpaired) electrons. The lowest BCUT2D eigenvalue weighted by atomic mass is 9.86. The van der Waals surface area contributed by atoms with Crippen molar-refractivity contribution in [1.82, 2.24) is 19.8 Å². The molecule has 1 spiro atoms. The molecule has 0 saturated carbocycles. The van der Waals surface area contributed by atoms with Crippen molar-refractivity contribution >= 4 is 11.7 Å². The minimum atomic E-state index is 0.0512. The molecule has 3 rings (SSSR count). The highest BCUT2D eigenvalue weighted by Crippen LogP contribution is 2.34. The maximum Gasteiger partial charge on any atom is 0.222 e. The average molecular weight is 360 g/mol. The Hall–Kier alpha value is -1.69. The second kappa shape index (κ2) is 7.51. The minimum absolute atomic E-state index is 0.0512. The molecular weight excluding hydrogens is 326 g/mol. The van der Waals surface area contributed by atoms with Crippen molar-refractivity contribution in [3.05, 3.63) is 17.1 Å². The second-order valence-electron chi connectivity index (χ2n) is 7.80. The summed E-state index contributed by atoms with van der Waals surface area (Å²) in [7, 11) is 2.22. The highest BCUT2D eigenvalue weighted by Gasteiger charge is 2.42. The predicted octanol–water partition coefficient (Wildman–Crippen LogP) is 2.18. The average Bonchev–Trinajstić information content (AvgIpc) is 2.77. The van der Waals surface area contributed by atoms with Gasteiger partial charge in [-0.2, -0.15) is 0 Å². The number of carbonyl (C=O) groups is 1. The summed E-state index contributed by atoms with van der Waals surface area (Å²) in [5.41, 5.74) is 2.40. The minimum Gasteiger partial charge on any atom is -0.353 e. The number of hydrogen-bond acceptors (Lipinski definition) is 5. The summed E-state index contributed by atoms with van der Waals surface area (Å²) >= 11 is 0. The van der Waals surface area contributed by atoms with Crippen LogP contribution in [0, 0.1) is 13.8 Å². The first kappa shape index (κ1) is 19.1. The van der Waals surface area contributed by atoms with Gasteiger partial charge < -0.3 is 9.80 Å². The zero-order valence-electron chi connectivity index (χ0n) is 17.0. The molecule has 6 nitrogen and oxygen atoms in total. The largest absolute Gasteiger partial charge is 0.353 e. The van der Waals surface area contributed by atoms with Gasteiger partial charge >= 0.3 is 0 Å². The molecule has 2 saturated heterocycles. The number of nitrogens with zero attached hydrogens (tertiary/aromatic N) is 5. The number of hydrogen-bond donors (Lipinski definition) is 0. The first-order valence-electron chi connectivity index (χ1n) is 9.98. The Morgan fingerprint density at radius 3 is 2.54 bits per heavy atom. The Bertz CT molecular complexity index is 676. The van der Waals surface area contributed by atoms with Crippen LogP contribution in [0.15, 0.2) is 0 Å². The number of anilines is 1. The standard InChI is InChI=1S/C20H33N5O/c1-6-17-15(3)21-16(4)22-19(17)25-13-12-23(5)20(14-25)9-8-18(26)24(7-2)11-10-20/h6-14H2,1-5H3. The van der Waals surface area contributed by atoms with Gasteiger partial charge in [0.15, 0.2) is 0 Å². The van der Waals surface area contributed by atoms with Gasteiger partial charge in [-0.25, -0.2) is 9.97 Å². The highest BCUT2D eigenvalue weighted by molar-refractivity contribution is 5.76. The van der Waals surface area contributed by atoms with Crippen LogP contribution in [0.5, 0.6) is 0 Å². The van der Waals surface area contributed by atoms with E-state index in [-0.39, 0.29) is 5.54 Å². The van der Waals surface area contributed by atoms with Crippen molar-refractivity contribution in [2.24, 2.45) is 0 Å². The lowest BCUT2D eigenvalue weighted by Crippen LogP contribution is -2.61. The number of rotatable bonds is 3. The van der Waals surface area contributed by atoms with E-state index < -0.39 is 0 Å². The molecule has 26 heavy (non-hydrogen) atoms. The molecule has 1 unspecified atom stereocenters. The Kier molecular flexibility index (Phi) is 5.51. The quantitative estimate of drug-likeness (QED) is 0.828. The summed E-state index contributed by atoms with van der Waals surface area (Å²) in [5.74, 6) is 2.25. The molecule has 3 heterocycles. The van der Waals surface area contributed by atoms with Crippen LogP contribution >= 0.6 is 0 Å². The molecule has 1 atom stereocenters. The first-order valence-corrected chi connectivity index (χ1v) is 9.98. The van der Waals surface area contributed by atoms with E-state index in [4.69, 9.17) is 4.98 Å². The Balaban J connectivity index is 1.90. The molecule has 2 fully saturated rings. The monoisotopic (exact) mass is 359 g/mol. The molecule has 1 aromatic rings. The molecule has 1 aromatic heterocycles. The van der Waals surface area contributed by atoms with Crippen LogP contribution in [0.1, 0.15) is 50.2 Å². The molecule has 2 aliphatic heterocycles. The third-order valence-corrected chi connectivity index (χ3v) is 6.34. The van der Waals surface area contributed by atoms with E-state index >= 15 is 0 Å². The third kappa shape index (κ3) is 3.43. The molecule has 2 aliphatic rings. The summed E-state index contributed by atoms with van der Waals surface area (Å²) in [6.07, 6.45) is 3.56. The molecule has 0 N–H and O–H groups in total. The molecule has 1 amide bonds. The van der Waals surface area contributed by atoms with Gasteiger partial charge in [-0.1, -0.05) is 6.92 Å². The van der Waals surface area contributed by atoms with Gasteiger partial charge in [0.05, 0.1) is 0 Å². The number of likely N-dealkylation sites (N-methyl/N-ethyl adjacent to an activating group) is 1. The topological polar surface area (TPSA) is 52.6 Å². The van der Waals surface area contributed by atoms with Crippen molar-refractivity contribution in [2.45, 2.75) is 58.9 Å². The first-order chi connectivity index (χ1) is 12.4. The molecule has 0 bridgehead atoms. The van der Waals surface area contributed by atoms with Gasteiger partial charge in [0.2, 0.25) is 5.91 Å². The fourth-order valence-electron chi connectivity index (χ4n) is 4.60. The van der Waals surface area contributed by atoms with Gasteiger partial charge in [-0.3, -0.25) is 9.69 Å². The van der Waals surface area contributed by atoms with E-state index in [9.17, 15) is 4.79 Å². The Labute approximate surface area is 157 Å². The van der Waals surface area contributed by atoms with Crippen molar-refractivity contribution in [1.29, 1.82) is 0 Å². The summed E-state index contributed by atoms with van der Waals surface area (Å²) in [4.78, 5) is 28.7. The lowest BCUT2D eigenvalue weighted by Gasteiger charge is -2.50. The summed E-state index contributed by atoms with van der Waals surface area (Å²) in [6, 6.07) is 0. The number of amides is 1. The number of carbonyl (C=O) groups excluding carboxylic acids is 1. The van der Waals surface area contributed by atoms with Gasteiger partial charge in [-0.15, -0.1) is 0 Å². The van der Waals surface area contributed by atoms with Crippen LogP contribution in [-0.4, -0.2) is 71.0 Å². The van der Waals surface area contributed by atoms with E-state index in [1.54, 1.807) is 0 Å². The van der Waals surface area contributed by atoms with Crippen LogP contribution in [0.3, 0.4) is 0 Å². The van der Waals surface area contributed by atoms with Gasteiger partial charge in [0.25, 0.3) is 0 Å². The van der Waals surface area contributed by atoms with Crippen LogP contribution < -0.4 is 4.90 Å². The molecule has 0 aliphatic carbocycles. The maximum atomic E-state index is 12.4. The van der Waals surface area contributed by atoms with Crippen LogP contribution in [0.4, 0.5) is 5.82 Å². The normalized spacial score (nSPS) is 25.0. The summed E-state index contributed by atoms with van der Waals surface area (Å²) in [5, 5.41) is 0. The number of likely N-dealkylation sites (tertiary alicyclic amines) is 1. The van der Waals surface area contributed by atoms with E-state index in [2.05, 4.69) is 42.6 Å². The van der Waals surface area contributed by atoms with E-state index in [0.29, 0.717) is 12.3 Å². The Morgan fingerprint density at radius 2 is 1.85 bits per heavy atom. The number of piperazine rings is 1. The predicted molar refractivity (Wildman–Crippen MR) is 105 cm³/mol. The third-order valence-electron chi connectivity index (χ3n) is 6.34. The van der Waals surface area contributed by atoms with Crippen LogP contribution in [-0.2, 0) is 11.2 Å². The van der Waals surface area contributed by atoms with Gasteiger partial charge in [0, 0.05) is 55.9 Å². The molecule has 6 heteroatoms. The number of aromatic nitrogens is 2. The number of aryl methyl sites for hydroxylation is 2. The zero-order chi connectivity index (χ0) is 18.9. The lowest BCUT2D eigenvalue weighted by molar-refractivity contribution is -0.130. The van der Waals surface area contributed by atoms with Crippen molar-refractivity contribution in [3.63, 3.8) is 0 Å². The smallest absolute Gasteiger partial charge is 0.222 e.